The van der Waals surface area contributed by atoms with Crippen LogP contribution in [0.4, 0.5) is 10.2 Å². The van der Waals surface area contributed by atoms with Crippen molar-refractivity contribution >= 4 is 11.7 Å². The summed E-state index contributed by atoms with van der Waals surface area (Å²) in [6.45, 7) is 3.29. The molecule has 0 bridgehead atoms. The third kappa shape index (κ3) is 4.02. The van der Waals surface area contributed by atoms with Crippen LogP contribution in [0.3, 0.4) is 0 Å². The average Bonchev–Trinajstić information content (AvgIpc) is 3.32. The Morgan fingerprint density at radius 1 is 1.27 bits per heavy atom. The SMILES string of the molecule is CC1(OC2CCC3NNC(c4cc(N5CCN(CCF)C(=O)C5)ncn4)C3C2)CC1. The largest absolute Gasteiger partial charge is 0.372 e. The summed E-state index contributed by atoms with van der Waals surface area (Å²) in [7, 11) is 0. The van der Waals surface area contributed by atoms with Crippen molar-refractivity contribution in [2.24, 2.45) is 5.92 Å². The van der Waals surface area contributed by atoms with Crippen molar-refractivity contribution in [3.05, 3.63) is 18.1 Å². The molecule has 9 heteroatoms. The van der Waals surface area contributed by atoms with Gasteiger partial charge in [0.25, 0.3) is 0 Å². The lowest BCUT2D eigenvalue weighted by molar-refractivity contribution is -0.131. The van der Waals surface area contributed by atoms with E-state index >= 15 is 0 Å². The number of alkyl halides is 1. The first-order chi connectivity index (χ1) is 14.5. The lowest BCUT2D eigenvalue weighted by atomic mass is 9.79. The summed E-state index contributed by atoms with van der Waals surface area (Å²) < 4.78 is 19.0. The molecule has 4 fully saturated rings. The molecule has 1 amide bonds. The summed E-state index contributed by atoms with van der Waals surface area (Å²) in [5.74, 6) is 1.12. The molecule has 2 saturated heterocycles. The van der Waals surface area contributed by atoms with E-state index in [1.54, 1.807) is 11.2 Å². The number of anilines is 1. The first-order valence-electron chi connectivity index (χ1n) is 11.1. The number of ether oxygens (including phenoxy) is 1. The third-order valence-corrected chi connectivity index (χ3v) is 7.10. The van der Waals surface area contributed by atoms with Crippen LogP contribution in [0, 0.1) is 5.92 Å². The highest BCUT2D eigenvalue weighted by Crippen LogP contribution is 2.45. The van der Waals surface area contributed by atoms with Gasteiger partial charge in [-0.3, -0.25) is 10.2 Å². The summed E-state index contributed by atoms with van der Waals surface area (Å²) in [6.07, 6.45) is 7.44. The zero-order valence-electron chi connectivity index (χ0n) is 17.5. The minimum atomic E-state index is -0.504. The number of aromatic nitrogens is 2. The second-order valence-electron chi connectivity index (χ2n) is 9.33. The molecule has 4 unspecified atom stereocenters. The van der Waals surface area contributed by atoms with Gasteiger partial charge in [-0.15, -0.1) is 0 Å². The van der Waals surface area contributed by atoms with Crippen molar-refractivity contribution in [2.75, 3.05) is 37.8 Å². The number of nitrogens with one attached hydrogen (secondary N) is 2. The van der Waals surface area contributed by atoms with Crippen LogP contribution in [0.2, 0.25) is 0 Å². The molecule has 4 atom stereocenters. The van der Waals surface area contributed by atoms with Gasteiger partial charge in [0.2, 0.25) is 5.91 Å². The van der Waals surface area contributed by atoms with Crippen molar-refractivity contribution in [1.29, 1.82) is 0 Å². The molecule has 30 heavy (non-hydrogen) atoms. The van der Waals surface area contributed by atoms with E-state index < -0.39 is 6.67 Å². The molecule has 2 aliphatic heterocycles. The number of halogens is 1. The van der Waals surface area contributed by atoms with Gasteiger partial charge in [0, 0.05) is 37.7 Å². The molecule has 2 saturated carbocycles. The van der Waals surface area contributed by atoms with Crippen molar-refractivity contribution in [3.8, 4) is 0 Å². The lowest BCUT2D eigenvalue weighted by Gasteiger charge is -2.35. The molecule has 8 nitrogen and oxygen atoms in total. The third-order valence-electron chi connectivity index (χ3n) is 7.10. The molecule has 1 aromatic rings. The number of nitrogens with zero attached hydrogens (tertiary/aromatic N) is 4. The molecule has 0 radical (unpaired) electrons. The molecule has 2 aliphatic carbocycles. The molecular formula is C21H31FN6O2. The highest BCUT2D eigenvalue weighted by Gasteiger charge is 2.46. The van der Waals surface area contributed by atoms with Crippen molar-refractivity contribution < 1.29 is 13.9 Å². The molecule has 3 heterocycles. The minimum Gasteiger partial charge on any atom is -0.372 e. The smallest absolute Gasteiger partial charge is 0.242 e. The topological polar surface area (TPSA) is 82.6 Å². The van der Waals surface area contributed by atoms with Crippen LogP contribution < -0.4 is 15.8 Å². The van der Waals surface area contributed by atoms with E-state index in [2.05, 4.69) is 27.7 Å². The maximum atomic E-state index is 12.6. The Kier molecular flexibility index (Phi) is 5.37. The Balaban J connectivity index is 1.27. The highest BCUT2D eigenvalue weighted by atomic mass is 19.1. The van der Waals surface area contributed by atoms with Crippen LogP contribution in [-0.2, 0) is 9.53 Å². The van der Waals surface area contributed by atoms with Gasteiger partial charge in [0.15, 0.2) is 0 Å². The molecular weight excluding hydrogens is 387 g/mol. The van der Waals surface area contributed by atoms with Crippen molar-refractivity contribution in [2.45, 2.75) is 62.8 Å². The summed E-state index contributed by atoms with van der Waals surface area (Å²) in [6, 6.07) is 2.51. The summed E-state index contributed by atoms with van der Waals surface area (Å²) in [5.41, 5.74) is 7.95. The van der Waals surface area contributed by atoms with E-state index in [9.17, 15) is 9.18 Å². The number of hydrogen-bond donors (Lipinski definition) is 2. The Labute approximate surface area is 176 Å². The molecule has 1 aromatic heterocycles. The van der Waals surface area contributed by atoms with Crippen LogP contribution in [0.15, 0.2) is 12.4 Å². The van der Waals surface area contributed by atoms with Crippen molar-refractivity contribution in [3.63, 3.8) is 0 Å². The van der Waals surface area contributed by atoms with E-state index in [0.717, 1.165) is 30.8 Å². The number of piperazine rings is 1. The van der Waals surface area contributed by atoms with Gasteiger partial charge in [0.05, 0.1) is 30.0 Å². The van der Waals surface area contributed by atoms with Gasteiger partial charge < -0.3 is 14.5 Å². The fraction of sp³-hybridized carbons (Fsp3) is 0.762. The second-order valence-corrected chi connectivity index (χ2v) is 9.33. The van der Waals surface area contributed by atoms with E-state index in [1.807, 2.05) is 11.0 Å². The fourth-order valence-electron chi connectivity index (χ4n) is 5.06. The predicted molar refractivity (Wildman–Crippen MR) is 109 cm³/mol. The number of carbonyl (C=O) groups excluding carboxylic acids is 1. The monoisotopic (exact) mass is 418 g/mol. The molecule has 0 aromatic carbocycles. The van der Waals surface area contributed by atoms with Gasteiger partial charge in [0.1, 0.15) is 18.8 Å². The summed E-state index contributed by atoms with van der Waals surface area (Å²) in [5, 5.41) is 0. The summed E-state index contributed by atoms with van der Waals surface area (Å²) in [4.78, 5) is 24.8. The highest BCUT2D eigenvalue weighted by molar-refractivity contribution is 5.82. The van der Waals surface area contributed by atoms with Crippen LogP contribution >= 0.6 is 0 Å². The molecule has 4 aliphatic rings. The zero-order chi connectivity index (χ0) is 20.7. The number of hydrogen-bond acceptors (Lipinski definition) is 7. The van der Waals surface area contributed by atoms with Gasteiger partial charge in [-0.1, -0.05) is 0 Å². The number of amides is 1. The molecule has 0 spiro atoms. The van der Waals surface area contributed by atoms with Crippen LogP contribution in [0.5, 0.6) is 0 Å². The number of hydrazine groups is 1. The van der Waals surface area contributed by atoms with Crippen LogP contribution in [-0.4, -0.2) is 71.4 Å². The predicted octanol–water partition coefficient (Wildman–Crippen LogP) is 1.35. The van der Waals surface area contributed by atoms with E-state index in [4.69, 9.17) is 4.74 Å². The van der Waals surface area contributed by atoms with E-state index in [0.29, 0.717) is 31.2 Å². The molecule has 5 rings (SSSR count). The molecule has 2 N–H and O–H groups in total. The van der Waals surface area contributed by atoms with Gasteiger partial charge in [-0.25, -0.2) is 19.8 Å². The maximum Gasteiger partial charge on any atom is 0.242 e. The Morgan fingerprint density at radius 3 is 2.90 bits per heavy atom. The number of rotatable bonds is 6. The molecule has 164 valence electrons. The normalized spacial score (nSPS) is 32.9. The number of carbonyl (C=O) groups is 1. The first-order valence-corrected chi connectivity index (χ1v) is 11.1. The number of fused-ring (bicyclic) bond motifs is 1. The average molecular weight is 419 g/mol. The van der Waals surface area contributed by atoms with Crippen molar-refractivity contribution in [1.82, 2.24) is 25.7 Å². The quantitative estimate of drug-likeness (QED) is 0.722. The maximum absolute atomic E-state index is 12.6. The fourth-order valence-corrected chi connectivity index (χ4v) is 5.06. The zero-order valence-corrected chi connectivity index (χ0v) is 17.5. The van der Waals surface area contributed by atoms with Gasteiger partial charge >= 0.3 is 0 Å². The van der Waals surface area contributed by atoms with Gasteiger partial charge in [-0.05, 0) is 39.0 Å². The first kappa shape index (κ1) is 20.1. The standard InChI is InChI=1S/C21H31FN6O2/c1-21(4-5-21)30-14-2-3-16-15(10-14)20(26-25-16)17-11-18(24-13-23-17)28-9-8-27(7-6-22)19(29)12-28/h11,13-16,20,25-26H,2-10,12H2,1H3. The minimum absolute atomic E-state index is 0.0550. The second kappa shape index (κ2) is 8.01. The lowest BCUT2D eigenvalue weighted by Crippen LogP contribution is -2.51. The van der Waals surface area contributed by atoms with Crippen LogP contribution in [0.25, 0.3) is 0 Å². The Hall–Kier alpha value is -1.84. The van der Waals surface area contributed by atoms with Crippen LogP contribution in [0.1, 0.15) is 50.8 Å². The Bertz CT molecular complexity index is 791. The Morgan fingerprint density at radius 2 is 2.13 bits per heavy atom. The van der Waals surface area contributed by atoms with E-state index in [1.165, 1.54) is 12.8 Å². The van der Waals surface area contributed by atoms with Gasteiger partial charge in [-0.2, -0.15) is 0 Å². The summed E-state index contributed by atoms with van der Waals surface area (Å²) >= 11 is 0. The van der Waals surface area contributed by atoms with E-state index in [-0.39, 0.29) is 30.6 Å².